The van der Waals surface area contributed by atoms with Crippen molar-refractivity contribution in [3.05, 3.63) is 71.2 Å². The third-order valence-corrected chi connectivity index (χ3v) is 7.33. The summed E-state index contributed by atoms with van der Waals surface area (Å²) in [6, 6.07) is 12.1. The Morgan fingerprint density at radius 2 is 1.81 bits per heavy atom. The highest BCUT2D eigenvalue weighted by molar-refractivity contribution is 8.01. The number of hydrogen-bond donors (Lipinski definition) is 2. The summed E-state index contributed by atoms with van der Waals surface area (Å²) in [5.41, 5.74) is 4.38. The first-order valence-corrected chi connectivity index (χ1v) is 10.2. The van der Waals surface area contributed by atoms with Gasteiger partial charge in [0.2, 0.25) is 0 Å². The molecule has 0 amide bonds. The van der Waals surface area contributed by atoms with E-state index >= 15 is 0 Å². The second kappa shape index (κ2) is 8.46. The molecule has 2 heterocycles. The molecule has 0 aliphatic carbocycles. The lowest BCUT2D eigenvalue weighted by atomic mass is 9.88. The van der Waals surface area contributed by atoms with Crippen LogP contribution in [-0.4, -0.2) is 38.0 Å². The van der Waals surface area contributed by atoms with Crippen LogP contribution in [0.3, 0.4) is 0 Å². The van der Waals surface area contributed by atoms with Gasteiger partial charge in [-0.05, 0) is 47.7 Å². The summed E-state index contributed by atoms with van der Waals surface area (Å²) in [7, 11) is 0. The number of pyridine rings is 1. The quantitative estimate of drug-likeness (QED) is 0.760. The van der Waals surface area contributed by atoms with Crippen molar-refractivity contribution in [3.63, 3.8) is 0 Å². The standard InChI is InChI=1S/C22H28N2O2S/c1-16(2)22(27-21-7-5-4-6-19(21)13-25)15-24(17(3)20(22)14-26)12-18-8-10-23-11-9-18/h4-11,16,25-26H,12-15H2,1-3H3. The molecule has 0 radical (unpaired) electrons. The SMILES string of the molecule is CC1=C(CO)C(Sc2ccccc2CO)(C(C)C)CN1Cc1ccncc1. The maximum Gasteiger partial charge on any atom is 0.0692 e. The van der Waals surface area contributed by atoms with Gasteiger partial charge in [0.1, 0.15) is 0 Å². The summed E-state index contributed by atoms with van der Waals surface area (Å²) in [5, 5.41) is 20.0. The van der Waals surface area contributed by atoms with E-state index in [1.165, 1.54) is 5.56 Å². The Balaban J connectivity index is 1.96. The number of hydrogen-bond acceptors (Lipinski definition) is 5. The van der Waals surface area contributed by atoms with E-state index in [-0.39, 0.29) is 18.0 Å². The van der Waals surface area contributed by atoms with Gasteiger partial charge in [-0.25, -0.2) is 0 Å². The van der Waals surface area contributed by atoms with Crippen LogP contribution in [0.1, 0.15) is 31.9 Å². The average Bonchev–Trinajstić information content (AvgIpc) is 2.95. The van der Waals surface area contributed by atoms with Crippen molar-refractivity contribution in [2.75, 3.05) is 13.2 Å². The van der Waals surface area contributed by atoms with Crippen molar-refractivity contribution in [2.45, 2.75) is 43.6 Å². The Kier molecular flexibility index (Phi) is 6.25. The Labute approximate surface area is 165 Å². The number of aliphatic hydroxyl groups is 2. The fraction of sp³-hybridized carbons (Fsp3) is 0.409. The van der Waals surface area contributed by atoms with Gasteiger partial charge in [-0.3, -0.25) is 4.98 Å². The lowest BCUT2D eigenvalue weighted by molar-refractivity contribution is 0.278. The molecule has 144 valence electrons. The van der Waals surface area contributed by atoms with E-state index in [2.05, 4.69) is 36.7 Å². The smallest absolute Gasteiger partial charge is 0.0692 e. The van der Waals surface area contributed by atoms with E-state index in [0.717, 1.165) is 34.8 Å². The van der Waals surface area contributed by atoms with Crippen molar-refractivity contribution in [1.29, 1.82) is 0 Å². The molecule has 1 unspecified atom stereocenters. The molecule has 5 heteroatoms. The van der Waals surface area contributed by atoms with Crippen LogP contribution in [0.25, 0.3) is 0 Å². The van der Waals surface area contributed by atoms with Crippen LogP contribution in [0.15, 0.2) is 65.0 Å². The minimum Gasteiger partial charge on any atom is -0.392 e. The van der Waals surface area contributed by atoms with Crippen molar-refractivity contribution in [3.8, 4) is 0 Å². The first-order valence-electron chi connectivity index (χ1n) is 9.34. The molecule has 0 spiro atoms. The van der Waals surface area contributed by atoms with Crippen LogP contribution < -0.4 is 0 Å². The first kappa shape index (κ1) is 19.9. The molecule has 0 saturated heterocycles. The van der Waals surface area contributed by atoms with Gasteiger partial charge in [0.05, 0.1) is 18.0 Å². The van der Waals surface area contributed by atoms with Crippen molar-refractivity contribution < 1.29 is 10.2 Å². The predicted octanol–water partition coefficient (Wildman–Crippen LogP) is 3.84. The highest BCUT2D eigenvalue weighted by atomic mass is 32.2. The lowest BCUT2D eigenvalue weighted by Gasteiger charge is -2.36. The zero-order valence-electron chi connectivity index (χ0n) is 16.2. The average molecular weight is 385 g/mol. The highest BCUT2D eigenvalue weighted by Gasteiger charge is 2.46. The molecule has 3 rings (SSSR count). The number of allylic oxidation sites excluding steroid dienone is 1. The zero-order valence-corrected chi connectivity index (χ0v) is 17.0. The van der Waals surface area contributed by atoms with E-state index in [4.69, 9.17) is 0 Å². The minimum atomic E-state index is -0.225. The monoisotopic (exact) mass is 384 g/mol. The number of aromatic nitrogens is 1. The second-order valence-electron chi connectivity index (χ2n) is 7.35. The van der Waals surface area contributed by atoms with Gasteiger partial charge in [0, 0.05) is 36.1 Å². The van der Waals surface area contributed by atoms with Crippen LogP contribution in [0, 0.1) is 5.92 Å². The molecule has 0 fully saturated rings. The van der Waals surface area contributed by atoms with Crippen LogP contribution in [0.5, 0.6) is 0 Å². The molecule has 2 N–H and O–H groups in total. The lowest BCUT2D eigenvalue weighted by Crippen LogP contribution is -2.39. The van der Waals surface area contributed by atoms with Crippen LogP contribution in [0.4, 0.5) is 0 Å². The summed E-state index contributed by atoms with van der Waals surface area (Å²) in [4.78, 5) is 7.54. The number of aliphatic hydroxyl groups excluding tert-OH is 2. The van der Waals surface area contributed by atoms with Crippen LogP contribution >= 0.6 is 11.8 Å². The highest BCUT2D eigenvalue weighted by Crippen LogP contribution is 2.50. The Morgan fingerprint density at radius 3 is 2.44 bits per heavy atom. The van der Waals surface area contributed by atoms with Crippen molar-refractivity contribution in [2.24, 2.45) is 5.92 Å². The normalized spacial score (nSPS) is 20.0. The first-order chi connectivity index (χ1) is 13.0. The van der Waals surface area contributed by atoms with Gasteiger partial charge in [0.15, 0.2) is 0 Å². The van der Waals surface area contributed by atoms with Gasteiger partial charge in [0.25, 0.3) is 0 Å². The molecule has 1 aromatic heterocycles. The molecule has 1 aromatic carbocycles. The van der Waals surface area contributed by atoms with Gasteiger partial charge in [-0.1, -0.05) is 32.0 Å². The Hall–Kier alpha value is -1.82. The fourth-order valence-corrected chi connectivity index (χ4v) is 5.39. The Bertz CT molecular complexity index is 807. The summed E-state index contributed by atoms with van der Waals surface area (Å²) >= 11 is 1.78. The van der Waals surface area contributed by atoms with Gasteiger partial charge in [-0.2, -0.15) is 0 Å². The summed E-state index contributed by atoms with van der Waals surface area (Å²) in [6.45, 7) is 8.24. The fourth-order valence-electron chi connectivity index (χ4n) is 3.80. The topological polar surface area (TPSA) is 56.6 Å². The van der Waals surface area contributed by atoms with E-state index in [9.17, 15) is 10.2 Å². The number of rotatable bonds is 7. The molecule has 1 atom stereocenters. The van der Waals surface area contributed by atoms with Crippen molar-refractivity contribution in [1.82, 2.24) is 9.88 Å². The molecular weight excluding hydrogens is 356 g/mol. The summed E-state index contributed by atoms with van der Waals surface area (Å²) in [5.74, 6) is 0.328. The Morgan fingerprint density at radius 1 is 1.11 bits per heavy atom. The number of nitrogens with zero attached hydrogens (tertiary/aromatic N) is 2. The van der Waals surface area contributed by atoms with E-state index < -0.39 is 0 Å². The molecule has 0 bridgehead atoms. The van der Waals surface area contributed by atoms with Gasteiger partial charge < -0.3 is 15.1 Å². The summed E-state index contributed by atoms with van der Waals surface area (Å²) in [6.07, 6.45) is 3.64. The largest absolute Gasteiger partial charge is 0.392 e. The molecule has 4 nitrogen and oxygen atoms in total. The number of benzene rings is 1. The zero-order chi connectivity index (χ0) is 19.4. The predicted molar refractivity (Wildman–Crippen MR) is 110 cm³/mol. The minimum absolute atomic E-state index is 0.0230. The molecule has 1 aliphatic heterocycles. The molecule has 0 saturated carbocycles. The molecule has 1 aliphatic rings. The van der Waals surface area contributed by atoms with E-state index in [1.807, 2.05) is 42.7 Å². The third-order valence-electron chi connectivity index (χ3n) is 5.50. The van der Waals surface area contributed by atoms with Crippen LogP contribution in [0.2, 0.25) is 0 Å². The van der Waals surface area contributed by atoms with Gasteiger partial charge in [-0.15, -0.1) is 11.8 Å². The molecule has 27 heavy (non-hydrogen) atoms. The number of thioether (sulfide) groups is 1. The molecular formula is C22H28N2O2S. The van der Waals surface area contributed by atoms with E-state index in [0.29, 0.717) is 5.92 Å². The summed E-state index contributed by atoms with van der Waals surface area (Å²) < 4.78 is -0.225. The van der Waals surface area contributed by atoms with E-state index in [1.54, 1.807) is 11.8 Å². The maximum absolute atomic E-state index is 10.3. The van der Waals surface area contributed by atoms with Crippen LogP contribution in [-0.2, 0) is 13.2 Å². The van der Waals surface area contributed by atoms with Gasteiger partial charge >= 0.3 is 0 Å². The van der Waals surface area contributed by atoms with Crippen molar-refractivity contribution >= 4 is 11.8 Å². The maximum atomic E-state index is 10.3. The molecule has 2 aromatic rings. The second-order valence-corrected chi connectivity index (χ2v) is 8.72. The third kappa shape index (κ3) is 3.91.